The molecule has 0 radical (unpaired) electrons. The fourth-order valence-electron chi connectivity index (χ4n) is 2.15. The smallest absolute Gasteiger partial charge is 0.330 e. The molecule has 0 bridgehead atoms. The van der Waals surface area contributed by atoms with Crippen LogP contribution in [0.3, 0.4) is 0 Å². The third kappa shape index (κ3) is 2.98. The first-order valence-electron chi connectivity index (χ1n) is 6.46. The van der Waals surface area contributed by atoms with Crippen molar-refractivity contribution < 1.29 is 14.9 Å². The van der Waals surface area contributed by atoms with Crippen molar-refractivity contribution in [2.24, 2.45) is 0 Å². The Morgan fingerprint density at radius 3 is 2.85 bits per heavy atom. The zero-order valence-corrected chi connectivity index (χ0v) is 11.9. The Balaban J connectivity index is 2.31. The molecule has 2 heterocycles. The molecular weight excluding hydrogens is 284 g/mol. The summed E-state index contributed by atoms with van der Waals surface area (Å²) in [5.41, 5.74) is -1.07. The standard InChI is InChI=1S/C12H18N2O5S/c1-2-5-20-10-9(17)7(6-15)19-11(10)14-4-3-8(16)13-12(14)18/h3-4,7,9-11,15,17H,2,5-6H2,1H3,(H,13,16,18)/t7-,9?,10?,11-/m1/s1. The van der Waals surface area contributed by atoms with Crippen LogP contribution in [0, 0.1) is 0 Å². The molecule has 8 heteroatoms. The molecule has 3 N–H and O–H groups in total. The molecule has 0 spiro atoms. The predicted molar refractivity (Wildman–Crippen MR) is 74.9 cm³/mol. The summed E-state index contributed by atoms with van der Waals surface area (Å²) < 4.78 is 6.80. The van der Waals surface area contributed by atoms with Crippen LogP contribution in [0.25, 0.3) is 0 Å². The molecule has 1 aromatic rings. The Labute approximate surface area is 119 Å². The van der Waals surface area contributed by atoms with Gasteiger partial charge in [-0.3, -0.25) is 14.3 Å². The van der Waals surface area contributed by atoms with E-state index < -0.39 is 29.7 Å². The molecule has 0 amide bonds. The molecule has 1 fully saturated rings. The maximum absolute atomic E-state index is 11.8. The van der Waals surface area contributed by atoms with Crippen molar-refractivity contribution in [1.29, 1.82) is 0 Å². The Bertz CT molecular complexity index is 557. The van der Waals surface area contributed by atoms with E-state index >= 15 is 0 Å². The summed E-state index contributed by atoms with van der Waals surface area (Å²) in [4.78, 5) is 25.1. The second-order valence-electron chi connectivity index (χ2n) is 4.59. The molecule has 0 saturated carbocycles. The van der Waals surface area contributed by atoms with Gasteiger partial charge in [0.1, 0.15) is 6.10 Å². The highest BCUT2D eigenvalue weighted by atomic mass is 32.2. The molecule has 7 nitrogen and oxygen atoms in total. The minimum atomic E-state index is -0.861. The minimum Gasteiger partial charge on any atom is -0.394 e. The van der Waals surface area contributed by atoms with Crippen molar-refractivity contribution in [3.63, 3.8) is 0 Å². The monoisotopic (exact) mass is 302 g/mol. The van der Waals surface area contributed by atoms with Gasteiger partial charge >= 0.3 is 5.69 Å². The summed E-state index contributed by atoms with van der Waals surface area (Å²) >= 11 is 1.49. The van der Waals surface area contributed by atoms with Gasteiger partial charge in [0.15, 0.2) is 6.23 Å². The first-order valence-corrected chi connectivity index (χ1v) is 7.50. The first kappa shape index (κ1) is 15.3. The molecule has 0 aromatic carbocycles. The van der Waals surface area contributed by atoms with Crippen LogP contribution in [0.4, 0.5) is 0 Å². The maximum atomic E-state index is 11.8. The van der Waals surface area contributed by atoms with Crippen molar-refractivity contribution in [3.8, 4) is 0 Å². The van der Waals surface area contributed by atoms with Crippen LogP contribution in [-0.4, -0.2) is 49.6 Å². The van der Waals surface area contributed by atoms with Gasteiger partial charge in [-0.25, -0.2) is 4.79 Å². The van der Waals surface area contributed by atoms with Gasteiger partial charge in [-0.1, -0.05) is 6.92 Å². The highest BCUT2D eigenvalue weighted by molar-refractivity contribution is 8.00. The Morgan fingerprint density at radius 1 is 1.50 bits per heavy atom. The highest BCUT2D eigenvalue weighted by Crippen LogP contribution is 2.37. The van der Waals surface area contributed by atoms with E-state index in [1.807, 2.05) is 6.92 Å². The van der Waals surface area contributed by atoms with Gasteiger partial charge in [0.05, 0.1) is 18.0 Å². The average molecular weight is 302 g/mol. The second-order valence-corrected chi connectivity index (χ2v) is 5.88. The van der Waals surface area contributed by atoms with Gasteiger partial charge < -0.3 is 14.9 Å². The molecule has 2 rings (SSSR count). The summed E-state index contributed by atoms with van der Waals surface area (Å²) in [6, 6.07) is 1.23. The zero-order valence-electron chi connectivity index (χ0n) is 11.1. The predicted octanol–water partition coefficient (Wildman–Crippen LogP) is -0.701. The van der Waals surface area contributed by atoms with Crippen LogP contribution in [0.5, 0.6) is 0 Å². The van der Waals surface area contributed by atoms with Gasteiger partial charge in [-0.15, -0.1) is 0 Å². The number of nitrogens with one attached hydrogen (secondary N) is 1. The molecule has 1 aromatic heterocycles. The third-order valence-corrected chi connectivity index (χ3v) is 4.67. The molecule has 1 saturated heterocycles. The SMILES string of the molecule is CCCSC1C(O)[C@@H](CO)O[C@H]1n1ccc(=O)[nH]c1=O. The summed E-state index contributed by atoms with van der Waals surface area (Å²) in [6.45, 7) is 1.69. The Morgan fingerprint density at radius 2 is 2.25 bits per heavy atom. The highest BCUT2D eigenvalue weighted by Gasteiger charge is 2.44. The molecule has 1 aliphatic rings. The van der Waals surface area contributed by atoms with Crippen molar-refractivity contribution in [3.05, 3.63) is 33.1 Å². The molecule has 1 aliphatic heterocycles. The summed E-state index contributed by atoms with van der Waals surface area (Å²) in [7, 11) is 0. The van der Waals surface area contributed by atoms with Crippen LogP contribution < -0.4 is 11.2 Å². The minimum absolute atomic E-state index is 0.320. The van der Waals surface area contributed by atoms with Crippen LogP contribution >= 0.6 is 11.8 Å². The fraction of sp³-hybridized carbons (Fsp3) is 0.667. The number of aromatic nitrogens is 2. The van der Waals surface area contributed by atoms with Crippen LogP contribution in [0.15, 0.2) is 21.9 Å². The number of nitrogens with zero attached hydrogens (tertiary/aromatic N) is 1. The van der Waals surface area contributed by atoms with Gasteiger partial charge in [0.2, 0.25) is 0 Å². The van der Waals surface area contributed by atoms with Crippen molar-refractivity contribution in [2.75, 3.05) is 12.4 Å². The lowest BCUT2D eigenvalue weighted by atomic mass is 10.2. The average Bonchev–Trinajstić information content (AvgIpc) is 2.73. The molecular formula is C12H18N2O5S. The van der Waals surface area contributed by atoms with Gasteiger partial charge in [-0.2, -0.15) is 11.8 Å². The van der Waals surface area contributed by atoms with Gasteiger partial charge in [-0.05, 0) is 12.2 Å². The number of thioether (sulfide) groups is 1. The van der Waals surface area contributed by atoms with Crippen molar-refractivity contribution >= 4 is 11.8 Å². The van der Waals surface area contributed by atoms with E-state index in [4.69, 9.17) is 4.74 Å². The number of hydrogen-bond acceptors (Lipinski definition) is 6. The zero-order chi connectivity index (χ0) is 14.7. The summed E-state index contributed by atoms with van der Waals surface area (Å²) in [6.07, 6.45) is -0.0282. The fourth-order valence-corrected chi connectivity index (χ4v) is 3.39. The quantitative estimate of drug-likeness (QED) is 0.664. The van der Waals surface area contributed by atoms with E-state index in [2.05, 4.69) is 4.98 Å². The Kier molecular flexibility index (Phi) is 5.03. The van der Waals surface area contributed by atoms with E-state index in [-0.39, 0.29) is 11.9 Å². The summed E-state index contributed by atoms with van der Waals surface area (Å²) in [5.74, 6) is 0.803. The number of H-pyrrole nitrogens is 1. The normalized spacial score (nSPS) is 29.8. The van der Waals surface area contributed by atoms with Crippen LogP contribution in [-0.2, 0) is 4.74 Å². The van der Waals surface area contributed by atoms with Gasteiger partial charge in [0, 0.05) is 12.3 Å². The second kappa shape index (κ2) is 6.57. The number of rotatable bonds is 5. The number of aliphatic hydroxyl groups is 2. The van der Waals surface area contributed by atoms with Gasteiger partial charge in [0.25, 0.3) is 5.56 Å². The molecule has 2 unspecified atom stereocenters. The topological polar surface area (TPSA) is 105 Å². The van der Waals surface area contributed by atoms with Crippen molar-refractivity contribution in [1.82, 2.24) is 9.55 Å². The number of aliphatic hydroxyl groups excluding tert-OH is 2. The number of ether oxygens (including phenoxy) is 1. The lowest BCUT2D eigenvalue weighted by molar-refractivity contribution is -0.0457. The lowest BCUT2D eigenvalue weighted by Gasteiger charge is -2.21. The van der Waals surface area contributed by atoms with E-state index in [0.717, 1.165) is 12.2 Å². The largest absolute Gasteiger partial charge is 0.394 e. The Hall–Kier alpha value is -1.09. The van der Waals surface area contributed by atoms with E-state index in [0.29, 0.717) is 0 Å². The maximum Gasteiger partial charge on any atom is 0.330 e. The molecule has 20 heavy (non-hydrogen) atoms. The summed E-state index contributed by atoms with van der Waals surface area (Å²) in [5, 5.41) is 19.0. The van der Waals surface area contributed by atoms with Crippen LogP contribution in [0.2, 0.25) is 0 Å². The van der Waals surface area contributed by atoms with E-state index in [1.54, 1.807) is 0 Å². The molecule has 112 valence electrons. The van der Waals surface area contributed by atoms with E-state index in [1.165, 1.54) is 28.6 Å². The number of aromatic amines is 1. The van der Waals surface area contributed by atoms with Crippen LogP contribution in [0.1, 0.15) is 19.6 Å². The third-order valence-electron chi connectivity index (χ3n) is 3.13. The van der Waals surface area contributed by atoms with E-state index in [9.17, 15) is 19.8 Å². The van der Waals surface area contributed by atoms with Crippen molar-refractivity contribution in [2.45, 2.75) is 37.0 Å². The first-order chi connectivity index (χ1) is 9.58. The number of hydrogen-bond donors (Lipinski definition) is 3. The molecule has 4 atom stereocenters. The lowest BCUT2D eigenvalue weighted by Crippen LogP contribution is -2.36. The molecule has 0 aliphatic carbocycles.